The lowest BCUT2D eigenvalue weighted by Gasteiger charge is -2.25. The molecule has 0 aliphatic heterocycles. The minimum absolute atomic E-state index is 0.0506. The number of oxime groups is 1. The van der Waals surface area contributed by atoms with Crippen molar-refractivity contribution < 1.29 is 9.60 Å². The highest BCUT2D eigenvalue weighted by atomic mass is 19.1. The number of hydrogen-bond donors (Lipinski definition) is 2. The van der Waals surface area contributed by atoms with Crippen molar-refractivity contribution in [2.24, 2.45) is 10.9 Å². The van der Waals surface area contributed by atoms with E-state index >= 15 is 0 Å². The maximum Gasteiger partial charge on any atom is 0.174 e. The van der Waals surface area contributed by atoms with Crippen molar-refractivity contribution in [3.63, 3.8) is 0 Å². The number of aromatic nitrogens is 1. The van der Waals surface area contributed by atoms with Crippen LogP contribution in [0.25, 0.3) is 0 Å². The van der Waals surface area contributed by atoms with E-state index in [1.165, 1.54) is 6.07 Å². The van der Waals surface area contributed by atoms with Gasteiger partial charge in [-0.25, -0.2) is 9.37 Å². The first-order chi connectivity index (χ1) is 10.1. The second-order valence-electron chi connectivity index (χ2n) is 4.51. The summed E-state index contributed by atoms with van der Waals surface area (Å²) in [5.41, 5.74) is 7.42. The molecule has 0 saturated heterocycles. The molecule has 110 valence electrons. The van der Waals surface area contributed by atoms with Crippen LogP contribution in [0.4, 0.5) is 15.9 Å². The van der Waals surface area contributed by atoms with Gasteiger partial charge in [0.25, 0.3) is 0 Å². The third-order valence-electron chi connectivity index (χ3n) is 3.22. The Hall–Kier alpha value is -2.63. The van der Waals surface area contributed by atoms with Gasteiger partial charge in [-0.15, -0.1) is 0 Å². The van der Waals surface area contributed by atoms with Crippen molar-refractivity contribution in [3.8, 4) is 0 Å². The fraction of sp³-hybridized carbons (Fsp3) is 0.200. The van der Waals surface area contributed by atoms with Gasteiger partial charge in [0.1, 0.15) is 11.6 Å². The first-order valence-corrected chi connectivity index (χ1v) is 6.55. The summed E-state index contributed by atoms with van der Waals surface area (Å²) in [4.78, 5) is 5.97. The molecule has 2 rings (SSSR count). The number of para-hydroxylation sites is 1. The zero-order valence-corrected chi connectivity index (χ0v) is 11.9. The lowest BCUT2D eigenvalue weighted by molar-refractivity contribution is 0.318. The van der Waals surface area contributed by atoms with Crippen LogP contribution in [0.15, 0.2) is 41.7 Å². The number of rotatable bonds is 4. The summed E-state index contributed by atoms with van der Waals surface area (Å²) in [7, 11) is 0. The fourth-order valence-electron chi connectivity index (χ4n) is 2.22. The average Bonchev–Trinajstić information content (AvgIpc) is 2.49. The smallest absolute Gasteiger partial charge is 0.174 e. The van der Waals surface area contributed by atoms with E-state index in [0.29, 0.717) is 23.6 Å². The third-order valence-corrected chi connectivity index (χ3v) is 3.22. The molecule has 3 N–H and O–H groups in total. The van der Waals surface area contributed by atoms with Crippen molar-refractivity contribution in [1.29, 1.82) is 0 Å². The maximum atomic E-state index is 14.0. The molecule has 0 saturated carbocycles. The molecule has 0 fully saturated rings. The van der Waals surface area contributed by atoms with Crippen molar-refractivity contribution in [2.75, 3.05) is 11.4 Å². The zero-order chi connectivity index (χ0) is 15.4. The zero-order valence-electron chi connectivity index (χ0n) is 11.9. The predicted octanol–water partition coefficient (Wildman–Crippen LogP) is 2.78. The van der Waals surface area contributed by atoms with E-state index in [-0.39, 0.29) is 11.7 Å². The molecule has 0 aliphatic rings. The Kier molecular flexibility index (Phi) is 4.37. The first-order valence-electron chi connectivity index (χ1n) is 6.55. The molecular weight excluding hydrogens is 271 g/mol. The number of nitrogens with zero attached hydrogens (tertiary/aromatic N) is 3. The predicted molar refractivity (Wildman–Crippen MR) is 80.6 cm³/mol. The minimum Gasteiger partial charge on any atom is -0.409 e. The molecule has 0 aliphatic carbocycles. The lowest BCUT2D eigenvalue weighted by Crippen LogP contribution is -2.25. The second kappa shape index (κ2) is 6.21. The molecule has 1 aromatic carbocycles. The summed E-state index contributed by atoms with van der Waals surface area (Å²) < 4.78 is 14.0. The SMILES string of the molecule is CCN(c1ccccc1F)c1nccc(C)c1/C(N)=N/O. The van der Waals surface area contributed by atoms with Gasteiger partial charge >= 0.3 is 0 Å². The minimum atomic E-state index is -0.354. The average molecular weight is 288 g/mol. The van der Waals surface area contributed by atoms with Gasteiger partial charge in [0.2, 0.25) is 0 Å². The normalized spacial score (nSPS) is 11.5. The maximum absolute atomic E-state index is 14.0. The van der Waals surface area contributed by atoms with Gasteiger partial charge in [-0.1, -0.05) is 17.3 Å². The molecule has 6 heteroatoms. The Morgan fingerprint density at radius 1 is 1.38 bits per heavy atom. The molecule has 0 bridgehead atoms. The van der Waals surface area contributed by atoms with Gasteiger partial charge in [-0.05, 0) is 37.6 Å². The number of halogens is 1. The van der Waals surface area contributed by atoms with Crippen LogP contribution in [-0.2, 0) is 0 Å². The highest BCUT2D eigenvalue weighted by Gasteiger charge is 2.20. The van der Waals surface area contributed by atoms with E-state index in [0.717, 1.165) is 5.56 Å². The molecular formula is C15H17FN4O. The van der Waals surface area contributed by atoms with Crippen LogP contribution in [0.5, 0.6) is 0 Å². The number of nitrogens with two attached hydrogens (primary N) is 1. The van der Waals surface area contributed by atoms with Crippen molar-refractivity contribution in [3.05, 3.63) is 53.5 Å². The monoisotopic (exact) mass is 288 g/mol. The molecule has 21 heavy (non-hydrogen) atoms. The Bertz CT molecular complexity index is 672. The molecule has 2 aromatic rings. The summed E-state index contributed by atoms with van der Waals surface area (Å²) in [6, 6.07) is 8.18. The van der Waals surface area contributed by atoms with Crippen LogP contribution in [0, 0.1) is 12.7 Å². The van der Waals surface area contributed by atoms with Crippen LogP contribution < -0.4 is 10.6 Å². The van der Waals surface area contributed by atoms with Crippen molar-refractivity contribution in [2.45, 2.75) is 13.8 Å². The van der Waals surface area contributed by atoms with Crippen LogP contribution in [0.1, 0.15) is 18.1 Å². The molecule has 0 radical (unpaired) electrons. The number of anilines is 2. The number of pyridine rings is 1. The van der Waals surface area contributed by atoms with Crippen LogP contribution in [0.3, 0.4) is 0 Å². The van der Waals surface area contributed by atoms with E-state index in [9.17, 15) is 4.39 Å². The Morgan fingerprint density at radius 2 is 2.10 bits per heavy atom. The highest BCUT2D eigenvalue weighted by Crippen LogP contribution is 2.29. The second-order valence-corrected chi connectivity index (χ2v) is 4.51. The summed E-state index contributed by atoms with van der Waals surface area (Å²) in [5, 5.41) is 12.0. The summed E-state index contributed by atoms with van der Waals surface area (Å²) in [5.74, 6) is 0.0522. The molecule has 0 spiro atoms. The van der Waals surface area contributed by atoms with Gasteiger partial charge in [-0.2, -0.15) is 0 Å². The van der Waals surface area contributed by atoms with Crippen LogP contribution in [0.2, 0.25) is 0 Å². The topological polar surface area (TPSA) is 74.7 Å². The first kappa shape index (κ1) is 14.8. The Labute approximate surface area is 122 Å². The quantitative estimate of drug-likeness (QED) is 0.392. The molecule has 0 amide bonds. The number of aryl methyl sites for hydroxylation is 1. The highest BCUT2D eigenvalue weighted by molar-refractivity contribution is 6.03. The Balaban J connectivity index is 2.64. The summed E-state index contributed by atoms with van der Waals surface area (Å²) >= 11 is 0. The number of amidine groups is 1. The van der Waals surface area contributed by atoms with E-state index in [2.05, 4.69) is 10.1 Å². The summed E-state index contributed by atoms with van der Waals surface area (Å²) in [6.45, 7) is 4.20. The van der Waals surface area contributed by atoms with E-state index < -0.39 is 0 Å². The van der Waals surface area contributed by atoms with Gasteiger partial charge in [0, 0.05) is 12.7 Å². The van der Waals surface area contributed by atoms with E-state index in [1.54, 1.807) is 35.4 Å². The van der Waals surface area contributed by atoms with Crippen molar-refractivity contribution in [1.82, 2.24) is 4.98 Å². The van der Waals surface area contributed by atoms with Gasteiger partial charge in [0.05, 0.1) is 11.3 Å². The van der Waals surface area contributed by atoms with Gasteiger partial charge in [0.15, 0.2) is 5.84 Å². The van der Waals surface area contributed by atoms with Crippen LogP contribution in [-0.4, -0.2) is 22.6 Å². The van der Waals surface area contributed by atoms with Crippen LogP contribution >= 0.6 is 0 Å². The molecule has 5 nitrogen and oxygen atoms in total. The van der Waals surface area contributed by atoms with Crippen molar-refractivity contribution >= 4 is 17.3 Å². The molecule has 0 unspecified atom stereocenters. The molecule has 0 atom stereocenters. The Morgan fingerprint density at radius 3 is 2.71 bits per heavy atom. The van der Waals surface area contributed by atoms with E-state index in [1.807, 2.05) is 13.8 Å². The summed E-state index contributed by atoms with van der Waals surface area (Å²) in [6.07, 6.45) is 1.61. The standard InChI is InChI=1S/C15H17FN4O/c1-3-20(12-7-5-4-6-11(12)16)15-13(14(17)19-21)10(2)8-9-18-15/h4-9,21H,3H2,1-2H3,(H2,17,19). The molecule has 1 heterocycles. The van der Waals surface area contributed by atoms with Gasteiger partial charge < -0.3 is 15.8 Å². The van der Waals surface area contributed by atoms with E-state index in [4.69, 9.17) is 10.9 Å². The fourth-order valence-corrected chi connectivity index (χ4v) is 2.22. The largest absolute Gasteiger partial charge is 0.409 e. The van der Waals surface area contributed by atoms with Gasteiger partial charge in [-0.3, -0.25) is 0 Å². The molecule has 1 aromatic heterocycles. The third kappa shape index (κ3) is 2.79. The number of benzene rings is 1. The number of hydrogen-bond acceptors (Lipinski definition) is 4. The lowest BCUT2D eigenvalue weighted by atomic mass is 10.1.